The number of allylic oxidation sites excluding steroid dienone is 8. The Morgan fingerprint density at radius 1 is 0.871 bits per heavy atom. The number of hydrogen-bond acceptors (Lipinski definition) is 0. The van der Waals surface area contributed by atoms with Gasteiger partial charge in [0.1, 0.15) is 0 Å². The molecule has 0 radical (unpaired) electrons. The van der Waals surface area contributed by atoms with E-state index in [2.05, 4.69) is 109 Å². The van der Waals surface area contributed by atoms with Crippen molar-refractivity contribution < 1.29 is 0 Å². The molecule has 1 aromatic heterocycles. The highest BCUT2D eigenvalue weighted by atomic mass is 15.0. The van der Waals surface area contributed by atoms with Crippen LogP contribution in [0.15, 0.2) is 122 Å². The molecule has 0 fully saturated rings. The van der Waals surface area contributed by atoms with Gasteiger partial charge in [-0.1, -0.05) is 104 Å². The van der Waals surface area contributed by atoms with Gasteiger partial charge in [-0.25, -0.2) is 0 Å². The van der Waals surface area contributed by atoms with Gasteiger partial charge in [0.05, 0.1) is 6.04 Å². The molecule has 1 heteroatoms. The predicted molar refractivity (Wildman–Crippen MR) is 135 cm³/mol. The van der Waals surface area contributed by atoms with E-state index in [1.54, 1.807) is 0 Å². The van der Waals surface area contributed by atoms with Crippen LogP contribution in [0.5, 0.6) is 0 Å². The van der Waals surface area contributed by atoms with E-state index in [1.165, 1.54) is 32.9 Å². The Hall–Kier alpha value is -3.84. The van der Waals surface area contributed by atoms with E-state index in [9.17, 15) is 0 Å². The van der Waals surface area contributed by atoms with Gasteiger partial charge >= 0.3 is 0 Å². The maximum absolute atomic E-state index is 3.97. The van der Waals surface area contributed by atoms with Crippen molar-refractivity contribution in [3.63, 3.8) is 0 Å². The van der Waals surface area contributed by atoms with Crippen LogP contribution < -0.4 is 0 Å². The summed E-state index contributed by atoms with van der Waals surface area (Å²) in [7, 11) is 0. The molecule has 0 N–H and O–H groups in total. The van der Waals surface area contributed by atoms with Crippen molar-refractivity contribution in [1.82, 2.24) is 4.57 Å². The Labute approximate surface area is 183 Å². The van der Waals surface area contributed by atoms with Crippen molar-refractivity contribution >= 4 is 33.0 Å². The molecule has 4 aromatic rings. The SMILES string of the molecule is C=C/C=C(\C=C)c1ccc2c(c1)c1ccccc1n2C1C=CC(c2ccccc2)=CC1. The van der Waals surface area contributed by atoms with Gasteiger partial charge in [-0.2, -0.15) is 0 Å². The first kappa shape index (κ1) is 19.1. The van der Waals surface area contributed by atoms with Gasteiger partial charge in [-0.3, -0.25) is 0 Å². The fraction of sp³-hybridized carbons (Fsp3) is 0.0667. The van der Waals surface area contributed by atoms with E-state index in [1.807, 2.05) is 18.2 Å². The summed E-state index contributed by atoms with van der Waals surface area (Å²) in [5, 5.41) is 2.56. The second-order valence-corrected chi connectivity index (χ2v) is 7.87. The van der Waals surface area contributed by atoms with Crippen LogP contribution in [0.3, 0.4) is 0 Å². The van der Waals surface area contributed by atoms with Crippen molar-refractivity contribution in [3.8, 4) is 0 Å². The summed E-state index contributed by atoms with van der Waals surface area (Å²) in [6.45, 7) is 7.81. The molecule has 0 bridgehead atoms. The second kappa shape index (κ2) is 8.12. The van der Waals surface area contributed by atoms with E-state index in [0.717, 1.165) is 17.6 Å². The lowest BCUT2D eigenvalue weighted by molar-refractivity contribution is 0.649. The normalized spacial score (nSPS) is 16.5. The number of benzene rings is 3. The van der Waals surface area contributed by atoms with E-state index < -0.39 is 0 Å². The van der Waals surface area contributed by atoms with Crippen LogP contribution in [0.4, 0.5) is 0 Å². The number of aromatic nitrogens is 1. The van der Waals surface area contributed by atoms with E-state index in [4.69, 9.17) is 0 Å². The lowest BCUT2D eigenvalue weighted by Crippen LogP contribution is -2.08. The van der Waals surface area contributed by atoms with Gasteiger partial charge in [-0.05, 0) is 46.9 Å². The molecule has 0 saturated heterocycles. The summed E-state index contributed by atoms with van der Waals surface area (Å²) >= 11 is 0. The number of para-hydroxylation sites is 1. The molecule has 0 aliphatic heterocycles. The van der Waals surface area contributed by atoms with Gasteiger partial charge in [0.25, 0.3) is 0 Å². The van der Waals surface area contributed by atoms with E-state index in [0.29, 0.717) is 6.04 Å². The van der Waals surface area contributed by atoms with Crippen molar-refractivity contribution in [2.45, 2.75) is 12.5 Å². The summed E-state index contributed by atoms with van der Waals surface area (Å²) in [4.78, 5) is 0. The van der Waals surface area contributed by atoms with Gasteiger partial charge < -0.3 is 4.57 Å². The summed E-state index contributed by atoms with van der Waals surface area (Å²) in [5.74, 6) is 0. The first-order valence-corrected chi connectivity index (χ1v) is 10.7. The molecule has 1 atom stereocenters. The molecule has 0 saturated carbocycles. The monoisotopic (exact) mass is 399 g/mol. The lowest BCUT2D eigenvalue weighted by Gasteiger charge is -2.21. The topological polar surface area (TPSA) is 4.93 Å². The van der Waals surface area contributed by atoms with Gasteiger partial charge in [-0.15, -0.1) is 0 Å². The summed E-state index contributed by atoms with van der Waals surface area (Å²) in [6, 6.07) is 26.3. The first-order chi connectivity index (χ1) is 15.3. The first-order valence-electron chi connectivity index (χ1n) is 10.7. The van der Waals surface area contributed by atoms with Crippen LogP contribution in [0.2, 0.25) is 0 Å². The largest absolute Gasteiger partial charge is 0.333 e. The molecule has 1 aliphatic rings. The maximum Gasteiger partial charge on any atom is 0.0560 e. The highest BCUT2D eigenvalue weighted by Gasteiger charge is 2.18. The molecule has 1 aliphatic carbocycles. The molecule has 1 unspecified atom stereocenters. The number of hydrogen-bond donors (Lipinski definition) is 0. The summed E-state index contributed by atoms with van der Waals surface area (Å²) in [5.41, 5.74) is 7.35. The Balaban J connectivity index is 1.62. The minimum atomic E-state index is 0.295. The highest BCUT2D eigenvalue weighted by Crippen LogP contribution is 2.37. The van der Waals surface area contributed by atoms with Crippen LogP contribution in [-0.4, -0.2) is 4.57 Å². The third-order valence-corrected chi connectivity index (χ3v) is 6.08. The van der Waals surface area contributed by atoms with Crippen LogP contribution in [0.1, 0.15) is 23.6 Å². The quantitative estimate of drug-likeness (QED) is 0.298. The molecule has 0 amide bonds. The zero-order valence-corrected chi connectivity index (χ0v) is 17.5. The molecular weight excluding hydrogens is 374 g/mol. The fourth-order valence-corrected chi connectivity index (χ4v) is 4.59. The average Bonchev–Trinajstić information content (AvgIpc) is 3.17. The highest BCUT2D eigenvalue weighted by molar-refractivity contribution is 6.09. The average molecular weight is 400 g/mol. The van der Waals surface area contributed by atoms with Crippen molar-refractivity contribution in [2.24, 2.45) is 0 Å². The standard InChI is InChI=1S/C30H25N/c1-3-10-22(4-2)25-17-20-30-28(21-25)27-13-8-9-14-29(27)31(30)26-18-15-24(16-19-26)23-11-6-5-7-12-23/h3-18,20-21,26H,1-2,19H2/b22-10+. The molecule has 150 valence electrons. The summed E-state index contributed by atoms with van der Waals surface area (Å²) < 4.78 is 2.48. The zero-order chi connectivity index (χ0) is 21.2. The lowest BCUT2D eigenvalue weighted by atomic mass is 9.97. The van der Waals surface area contributed by atoms with Gasteiger partial charge in [0.15, 0.2) is 0 Å². The third kappa shape index (κ3) is 3.39. The Kier molecular flexibility index (Phi) is 5.01. The molecule has 1 heterocycles. The van der Waals surface area contributed by atoms with E-state index in [-0.39, 0.29) is 0 Å². The van der Waals surface area contributed by atoms with E-state index >= 15 is 0 Å². The van der Waals surface area contributed by atoms with Gasteiger partial charge in [0.2, 0.25) is 0 Å². The van der Waals surface area contributed by atoms with Crippen LogP contribution in [0.25, 0.3) is 33.0 Å². The van der Waals surface area contributed by atoms with Crippen molar-refractivity contribution in [1.29, 1.82) is 0 Å². The minimum Gasteiger partial charge on any atom is -0.333 e. The van der Waals surface area contributed by atoms with Crippen molar-refractivity contribution in [2.75, 3.05) is 0 Å². The number of nitrogens with zero attached hydrogens (tertiary/aromatic N) is 1. The third-order valence-electron chi connectivity index (χ3n) is 6.08. The van der Waals surface area contributed by atoms with Crippen molar-refractivity contribution in [3.05, 3.63) is 134 Å². The molecule has 3 aromatic carbocycles. The number of rotatable bonds is 5. The smallest absolute Gasteiger partial charge is 0.0560 e. The molecule has 0 spiro atoms. The Bertz CT molecular complexity index is 1380. The molecular formula is C30H25N. The molecule has 5 rings (SSSR count). The maximum atomic E-state index is 3.97. The summed E-state index contributed by atoms with van der Waals surface area (Å²) in [6.07, 6.45) is 13.7. The second-order valence-electron chi connectivity index (χ2n) is 7.87. The number of fused-ring (bicyclic) bond motifs is 3. The molecule has 1 nitrogen and oxygen atoms in total. The molecule has 31 heavy (non-hydrogen) atoms. The Morgan fingerprint density at radius 3 is 2.39 bits per heavy atom. The van der Waals surface area contributed by atoms with Crippen LogP contribution >= 0.6 is 0 Å². The van der Waals surface area contributed by atoms with Crippen LogP contribution in [-0.2, 0) is 0 Å². The zero-order valence-electron chi connectivity index (χ0n) is 17.5. The minimum absolute atomic E-state index is 0.295. The Morgan fingerprint density at radius 2 is 1.65 bits per heavy atom. The van der Waals surface area contributed by atoms with Crippen LogP contribution in [0, 0.1) is 0 Å². The fourth-order valence-electron chi connectivity index (χ4n) is 4.59. The van der Waals surface area contributed by atoms with Gasteiger partial charge in [0, 0.05) is 21.8 Å². The predicted octanol–water partition coefficient (Wildman–Crippen LogP) is 8.13.